The lowest BCUT2D eigenvalue weighted by Crippen LogP contribution is -2.05. The molecule has 2 aromatic rings. The number of rotatable bonds is 6. The van der Waals surface area contributed by atoms with E-state index in [0.29, 0.717) is 18.9 Å². The molecule has 4 heterocycles. The van der Waals surface area contributed by atoms with Crippen LogP contribution in [-0.2, 0) is 22.7 Å². The first kappa shape index (κ1) is 14.6. The summed E-state index contributed by atoms with van der Waals surface area (Å²) in [6.07, 6.45) is 1.78. The maximum atomic E-state index is 13.0. The van der Waals surface area contributed by atoms with Gasteiger partial charge < -0.3 is 0 Å². The van der Waals surface area contributed by atoms with E-state index in [1.165, 1.54) is 34.2 Å². The van der Waals surface area contributed by atoms with Crippen LogP contribution in [0.4, 0.5) is 0 Å². The van der Waals surface area contributed by atoms with Gasteiger partial charge in [0.05, 0.1) is 0 Å². The van der Waals surface area contributed by atoms with Crippen LogP contribution in [0.2, 0.25) is 0 Å². The third-order valence-corrected chi connectivity index (χ3v) is 10.4. The maximum Gasteiger partial charge on any atom is 0.225 e. The highest BCUT2D eigenvalue weighted by Gasteiger charge is 2.32. The zero-order valence-electron chi connectivity index (χ0n) is 11.2. The van der Waals surface area contributed by atoms with Crippen molar-refractivity contribution in [3.05, 3.63) is 34.0 Å². The fourth-order valence-corrected chi connectivity index (χ4v) is 7.95. The first-order valence-electron chi connectivity index (χ1n) is 6.75. The minimum absolute atomic E-state index is 0.571. The van der Waals surface area contributed by atoms with Crippen molar-refractivity contribution < 1.29 is 8.42 Å². The average Bonchev–Trinajstić information content (AvgIpc) is 3.31. The van der Waals surface area contributed by atoms with Gasteiger partial charge in [-0.1, -0.05) is 0 Å². The van der Waals surface area contributed by atoms with E-state index < -0.39 is 9.84 Å². The minimum Gasteiger partial charge on any atom is -0.217 e. The van der Waals surface area contributed by atoms with Crippen molar-refractivity contribution in [3.8, 4) is 0 Å². The summed E-state index contributed by atoms with van der Waals surface area (Å²) < 4.78 is 27.2. The fourth-order valence-electron chi connectivity index (χ4n) is 2.36. The van der Waals surface area contributed by atoms with Crippen molar-refractivity contribution in [2.75, 3.05) is 11.5 Å². The molecule has 0 bridgehead atoms. The predicted molar refractivity (Wildman–Crippen MR) is 94.0 cm³/mol. The molecular formula is C14H14O2S5. The fraction of sp³-hybridized carbons (Fsp3) is 0.429. The Bertz CT molecular complexity index is 692. The van der Waals surface area contributed by atoms with E-state index in [4.69, 9.17) is 0 Å². The van der Waals surface area contributed by atoms with Crippen molar-refractivity contribution >= 4 is 56.0 Å². The molecule has 4 rings (SSSR count). The maximum absolute atomic E-state index is 13.0. The summed E-state index contributed by atoms with van der Waals surface area (Å²) in [5.41, 5.74) is 2.02. The third kappa shape index (κ3) is 3.08. The van der Waals surface area contributed by atoms with Crippen molar-refractivity contribution in [2.45, 2.75) is 31.8 Å². The molecule has 112 valence electrons. The highest BCUT2D eigenvalue weighted by atomic mass is 32.3. The highest BCUT2D eigenvalue weighted by Crippen LogP contribution is 2.41. The van der Waals surface area contributed by atoms with E-state index in [2.05, 4.69) is 0 Å². The summed E-state index contributed by atoms with van der Waals surface area (Å²) in [5, 5.41) is 5.08. The van der Waals surface area contributed by atoms with E-state index >= 15 is 0 Å². The lowest BCUT2D eigenvalue weighted by atomic mass is 10.2. The second-order valence-electron chi connectivity index (χ2n) is 5.29. The molecule has 2 nitrogen and oxygen atoms in total. The molecule has 2 aromatic heterocycles. The van der Waals surface area contributed by atoms with Crippen molar-refractivity contribution in [1.82, 2.24) is 0 Å². The Labute approximate surface area is 141 Å². The van der Waals surface area contributed by atoms with Crippen molar-refractivity contribution in [3.63, 3.8) is 0 Å². The Kier molecular flexibility index (Phi) is 3.90. The summed E-state index contributed by atoms with van der Waals surface area (Å²) in [4.78, 5) is 0. The summed E-state index contributed by atoms with van der Waals surface area (Å²) in [6, 6.07) is 3.97. The number of sulfone groups is 1. The van der Waals surface area contributed by atoms with E-state index in [1.54, 1.807) is 0 Å². The zero-order valence-corrected chi connectivity index (χ0v) is 15.2. The summed E-state index contributed by atoms with van der Waals surface area (Å²) >= 11 is 6.57. The molecule has 0 saturated carbocycles. The molecule has 2 fully saturated rings. The molecule has 0 aromatic carbocycles. The van der Waals surface area contributed by atoms with Gasteiger partial charge in [-0.3, -0.25) is 0 Å². The largest absolute Gasteiger partial charge is 0.225 e. The van der Waals surface area contributed by atoms with E-state index in [-0.39, 0.29) is 0 Å². The van der Waals surface area contributed by atoms with Crippen LogP contribution in [-0.4, -0.2) is 30.4 Å². The summed E-state index contributed by atoms with van der Waals surface area (Å²) in [6.45, 7) is 0. The van der Waals surface area contributed by atoms with E-state index in [0.717, 1.165) is 24.0 Å². The quantitative estimate of drug-likeness (QED) is 0.717. The number of thiophene rings is 2. The van der Waals surface area contributed by atoms with Crippen LogP contribution in [0, 0.1) is 0 Å². The van der Waals surface area contributed by atoms with Gasteiger partial charge in [0.1, 0.15) is 8.42 Å². The van der Waals surface area contributed by atoms with E-state index in [1.807, 2.05) is 46.4 Å². The molecule has 7 heteroatoms. The van der Waals surface area contributed by atoms with Crippen LogP contribution in [0.5, 0.6) is 0 Å². The molecule has 2 aliphatic rings. The molecule has 0 spiro atoms. The lowest BCUT2D eigenvalue weighted by Gasteiger charge is -2.06. The van der Waals surface area contributed by atoms with Gasteiger partial charge in [-0.15, -0.1) is 22.7 Å². The van der Waals surface area contributed by atoms with Crippen LogP contribution in [0.25, 0.3) is 0 Å². The first-order chi connectivity index (χ1) is 10.1. The molecule has 0 radical (unpaired) electrons. The molecule has 21 heavy (non-hydrogen) atoms. The Balaban J connectivity index is 1.69. The summed E-state index contributed by atoms with van der Waals surface area (Å²) in [5.74, 6) is 2.33. The van der Waals surface area contributed by atoms with Gasteiger partial charge in [-0.2, -0.15) is 23.5 Å². The van der Waals surface area contributed by atoms with Crippen molar-refractivity contribution in [2.24, 2.45) is 0 Å². The van der Waals surface area contributed by atoms with Gasteiger partial charge in [0.25, 0.3) is 0 Å². The van der Waals surface area contributed by atoms with Crippen LogP contribution in [0.15, 0.2) is 31.3 Å². The topological polar surface area (TPSA) is 34.1 Å². The summed E-state index contributed by atoms with van der Waals surface area (Å²) in [7, 11) is -3.33. The van der Waals surface area contributed by atoms with Gasteiger partial charge in [0, 0.05) is 22.0 Å². The molecule has 0 N–H and O–H groups in total. The Morgan fingerprint density at radius 3 is 1.71 bits per heavy atom. The van der Waals surface area contributed by atoms with Crippen LogP contribution in [0.3, 0.4) is 0 Å². The van der Waals surface area contributed by atoms with Crippen LogP contribution >= 0.6 is 46.2 Å². The van der Waals surface area contributed by atoms with Gasteiger partial charge in [-0.05, 0) is 46.9 Å². The van der Waals surface area contributed by atoms with Gasteiger partial charge in [0.15, 0.2) is 0 Å². The number of hydrogen-bond acceptors (Lipinski definition) is 6. The minimum atomic E-state index is -3.33. The normalized spacial score (nSPS) is 24.2. The number of thioether (sulfide) groups is 2. The smallest absolute Gasteiger partial charge is 0.217 e. The SMILES string of the molecule is O=S(=O)(c1sccc1CC1CS1)c1sccc1CC1CS1. The van der Waals surface area contributed by atoms with Gasteiger partial charge in [-0.25, -0.2) is 8.42 Å². The standard InChI is InChI=1S/C14H14O2S5/c15-21(16,13-9(1-3-17-13)5-11-7-19-11)14-10(2-4-18-14)6-12-8-20-12/h1-4,11-12H,5-8H2. The van der Waals surface area contributed by atoms with Gasteiger partial charge in [0.2, 0.25) is 9.84 Å². The molecule has 2 unspecified atom stereocenters. The Morgan fingerprint density at radius 2 is 1.33 bits per heavy atom. The van der Waals surface area contributed by atoms with Crippen LogP contribution < -0.4 is 0 Å². The lowest BCUT2D eigenvalue weighted by molar-refractivity contribution is 0.598. The predicted octanol–water partition coefficient (Wildman–Crippen LogP) is 3.96. The molecule has 0 amide bonds. The Morgan fingerprint density at radius 1 is 0.905 bits per heavy atom. The Hall–Kier alpha value is 0.0500. The van der Waals surface area contributed by atoms with Crippen molar-refractivity contribution in [1.29, 1.82) is 0 Å². The average molecular weight is 375 g/mol. The van der Waals surface area contributed by atoms with E-state index in [9.17, 15) is 8.42 Å². The molecule has 2 atom stereocenters. The zero-order chi connectivity index (χ0) is 14.4. The molecule has 0 aliphatic carbocycles. The first-order valence-corrected chi connectivity index (χ1v) is 12.1. The second kappa shape index (κ2) is 5.60. The van der Waals surface area contributed by atoms with Gasteiger partial charge >= 0.3 is 0 Å². The second-order valence-corrected chi connectivity index (χ2v) is 12.1. The molecular weight excluding hydrogens is 360 g/mol. The third-order valence-electron chi connectivity index (χ3n) is 3.60. The van der Waals surface area contributed by atoms with Crippen LogP contribution in [0.1, 0.15) is 11.1 Å². The highest BCUT2D eigenvalue weighted by molar-refractivity contribution is 8.07. The molecule has 2 saturated heterocycles. The number of hydrogen-bond donors (Lipinski definition) is 0. The monoisotopic (exact) mass is 374 g/mol. The molecule has 2 aliphatic heterocycles.